The summed E-state index contributed by atoms with van der Waals surface area (Å²) in [6.07, 6.45) is 11.3. The average molecular weight is 399 g/mol. The molecular weight excluding hydrogens is 371 g/mol. The van der Waals surface area contributed by atoms with E-state index >= 15 is 0 Å². The van der Waals surface area contributed by atoms with Gasteiger partial charge in [-0.25, -0.2) is 9.97 Å². The van der Waals surface area contributed by atoms with Gasteiger partial charge < -0.3 is 9.80 Å². The lowest BCUT2D eigenvalue weighted by molar-refractivity contribution is -0.158. The van der Waals surface area contributed by atoms with Gasteiger partial charge in [0.05, 0.1) is 5.41 Å². The zero-order valence-electron chi connectivity index (χ0n) is 15.0. The average Bonchev–Trinajstić information content (AvgIpc) is 2.61. The van der Waals surface area contributed by atoms with Gasteiger partial charge in [0.25, 0.3) is 0 Å². The molecule has 0 unspecified atom stereocenters. The normalized spacial score (nSPS) is 34.8. The topological polar surface area (TPSA) is 49.3 Å². The van der Waals surface area contributed by atoms with Crippen LogP contribution >= 0.6 is 24.8 Å². The molecule has 0 spiro atoms. The van der Waals surface area contributed by atoms with E-state index in [1.54, 1.807) is 12.4 Å². The summed E-state index contributed by atoms with van der Waals surface area (Å²) in [5.74, 6) is 3.76. The van der Waals surface area contributed by atoms with Gasteiger partial charge in [-0.15, -0.1) is 24.8 Å². The third-order valence-electron chi connectivity index (χ3n) is 6.89. The maximum absolute atomic E-state index is 13.4. The van der Waals surface area contributed by atoms with Crippen molar-refractivity contribution in [2.45, 2.75) is 38.5 Å². The molecule has 2 heterocycles. The second-order valence-corrected chi connectivity index (χ2v) is 8.53. The highest BCUT2D eigenvalue weighted by Gasteiger charge is 2.55. The van der Waals surface area contributed by atoms with Crippen molar-refractivity contribution in [1.82, 2.24) is 14.9 Å². The second kappa shape index (κ2) is 7.51. The number of carbonyl (C=O) groups excluding carboxylic acids is 1. The smallest absolute Gasteiger partial charge is 0.228 e. The molecular formula is C19H28Cl2N4O. The molecule has 6 rings (SSSR count). The largest absolute Gasteiger partial charge is 0.339 e. The fraction of sp³-hybridized carbons (Fsp3) is 0.737. The van der Waals surface area contributed by atoms with E-state index in [0.717, 1.165) is 49.9 Å². The van der Waals surface area contributed by atoms with E-state index in [2.05, 4.69) is 19.8 Å². The Labute approximate surface area is 167 Å². The number of rotatable bonds is 2. The number of piperazine rings is 1. The zero-order valence-corrected chi connectivity index (χ0v) is 16.7. The van der Waals surface area contributed by atoms with Gasteiger partial charge in [0.1, 0.15) is 0 Å². The van der Waals surface area contributed by atoms with Crippen molar-refractivity contribution in [3.63, 3.8) is 0 Å². The van der Waals surface area contributed by atoms with Crippen molar-refractivity contribution >= 4 is 36.7 Å². The molecule has 1 amide bonds. The fourth-order valence-electron chi connectivity index (χ4n) is 6.27. The van der Waals surface area contributed by atoms with Crippen molar-refractivity contribution < 1.29 is 4.79 Å². The number of amides is 1. The molecule has 144 valence electrons. The number of hydrogen-bond acceptors (Lipinski definition) is 4. The molecule has 4 bridgehead atoms. The standard InChI is InChI=1S/C19H26N4O.2ClH/c24-17(19-11-14-8-15(12-19)10-16(9-14)13-19)22-4-6-23(7-5-22)18-20-2-1-3-21-18;;/h1-3,14-16H,4-13H2;2*1H. The summed E-state index contributed by atoms with van der Waals surface area (Å²) in [6, 6.07) is 1.84. The third-order valence-corrected chi connectivity index (χ3v) is 6.89. The molecule has 5 aliphatic rings. The van der Waals surface area contributed by atoms with Crippen LogP contribution in [0, 0.1) is 23.2 Å². The van der Waals surface area contributed by atoms with Crippen LogP contribution in [-0.4, -0.2) is 47.0 Å². The molecule has 4 saturated carbocycles. The van der Waals surface area contributed by atoms with Gasteiger partial charge in [-0.3, -0.25) is 4.79 Å². The molecule has 0 atom stereocenters. The van der Waals surface area contributed by atoms with E-state index in [1.165, 1.54) is 38.5 Å². The predicted molar refractivity (Wildman–Crippen MR) is 106 cm³/mol. The minimum atomic E-state index is 0. The summed E-state index contributed by atoms with van der Waals surface area (Å²) in [7, 11) is 0. The van der Waals surface area contributed by atoms with E-state index in [1.807, 2.05) is 6.07 Å². The van der Waals surface area contributed by atoms with E-state index in [0.29, 0.717) is 5.91 Å². The highest BCUT2D eigenvalue weighted by Crippen LogP contribution is 2.60. The molecule has 1 saturated heterocycles. The first-order valence-corrected chi connectivity index (χ1v) is 9.53. The van der Waals surface area contributed by atoms with E-state index in [9.17, 15) is 4.79 Å². The first kappa shape index (κ1) is 19.7. The van der Waals surface area contributed by atoms with Crippen LogP contribution in [0.2, 0.25) is 0 Å². The van der Waals surface area contributed by atoms with Gasteiger partial charge in [-0.1, -0.05) is 0 Å². The summed E-state index contributed by atoms with van der Waals surface area (Å²) in [5, 5.41) is 0. The molecule has 1 aliphatic heterocycles. The molecule has 26 heavy (non-hydrogen) atoms. The lowest BCUT2D eigenvalue weighted by Crippen LogP contribution is -2.58. The molecule has 0 radical (unpaired) electrons. The zero-order chi connectivity index (χ0) is 16.1. The number of nitrogens with zero attached hydrogens (tertiary/aromatic N) is 4. The maximum Gasteiger partial charge on any atom is 0.228 e. The first-order valence-electron chi connectivity index (χ1n) is 9.53. The molecule has 1 aromatic heterocycles. The van der Waals surface area contributed by atoms with Crippen LogP contribution < -0.4 is 4.90 Å². The third kappa shape index (κ3) is 3.29. The molecule has 7 heteroatoms. The second-order valence-electron chi connectivity index (χ2n) is 8.53. The van der Waals surface area contributed by atoms with Crippen molar-refractivity contribution in [1.29, 1.82) is 0 Å². The molecule has 0 N–H and O–H groups in total. The van der Waals surface area contributed by atoms with E-state index < -0.39 is 0 Å². The van der Waals surface area contributed by atoms with Crippen molar-refractivity contribution in [3.8, 4) is 0 Å². The number of hydrogen-bond donors (Lipinski definition) is 0. The van der Waals surface area contributed by atoms with Crippen LogP contribution in [0.1, 0.15) is 38.5 Å². The van der Waals surface area contributed by atoms with Gasteiger partial charge in [0.15, 0.2) is 0 Å². The lowest BCUT2D eigenvalue weighted by atomic mass is 9.49. The molecule has 5 nitrogen and oxygen atoms in total. The predicted octanol–water partition coefficient (Wildman–Crippen LogP) is 3.19. The van der Waals surface area contributed by atoms with Gasteiger partial charge >= 0.3 is 0 Å². The quantitative estimate of drug-likeness (QED) is 0.767. The van der Waals surface area contributed by atoms with Crippen molar-refractivity contribution in [2.75, 3.05) is 31.1 Å². The number of halogens is 2. The molecule has 1 aromatic rings. The Balaban J connectivity index is 0.000000980. The lowest BCUT2D eigenvalue weighted by Gasteiger charge is -2.57. The van der Waals surface area contributed by atoms with Gasteiger partial charge in [0, 0.05) is 38.6 Å². The molecule has 0 aromatic carbocycles. The van der Waals surface area contributed by atoms with E-state index in [-0.39, 0.29) is 30.2 Å². The van der Waals surface area contributed by atoms with Crippen molar-refractivity contribution in [2.24, 2.45) is 23.2 Å². The van der Waals surface area contributed by atoms with Gasteiger partial charge in [-0.2, -0.15) is 0 Å². The van der Waals surface area contributed by atoms with E-state index in [4.69, 9.17) is 0 Å². The Morgan fingerprint density at radius 3 is 1.88 bits per heavy atom. The summed E-state index contributed by atoms with van der Waals surface area (Å²) in [4.78, 5) is 26.4. The van der Waals surface area contributed by atoms with Gasteiger partial charge in [0.2, 0.25) is 11.9 Å². The Kier molecular flexibility index (Phi) is 5.69. The van der Waals surface area contributed by atoms with Crippen LogP contribution in [-0.2, 0) is 4.79 Å². The van der Waals surface area contributed by atoms with Crippen molar-refractivity contribution in [3.05, 3.63) is 18.5 Å². The fourth-order valence-corrected chi connectivity index (χ4v) is 6.27. The minimum Gasteiger partial charge on any atom is -0.339 e. The summed E-state index contributed by atoms with van der Waals surface area (Å²) < 4.78 is 0. The van der Waals surface area contributed by atoms with Gasteiger partial charge in [-0.05, 0) is 62.3 Å². The summed E-state index contributed by atoms with van der Waals surface area (Å²) in [5.41, 5.74) is 0.000166. The molecule has 5 fully saturated rings. The highest BCUT2D eigenvalue weighted by molar-refractivity contribution is 5.85. The van der Waals surface area contributed by atoms with Crippen LogP contribution in [0.5, 0.6) is 0 Å². The molecule has 4 aliphatic carbocycles. The Morgan fingerprint density at radius 2 is 1.38 bits per heavy atom. The number of anilines is 1. The van der Waals surface area contributed by atoms with Crippen LogP contribution in [0.3, 0.4) is 0 Å². The van der Waals surface area contributed by atoms with Crippen LogP contribution in [0.4, 0.5) is 5.95 Å². The first-order chi connectivity index (χ1) is 11.7. The number of carbonyl (C=O) groups is 1. The highest BCUT2D eigenvalue weighted by atomic mass is 35.5. The Bertz CT molecular complexity index is 598. The Hall–Kier alpha value is -1.07. The van der Waals surface area contributed by atoms with Crippen LogP contribution in [0.25, 0.3) is 0 Å². The maximum atomic E-state index is 13.4. The SMILES string of the molecule is Cl.Cl.O=C(N1CCN(c2ncccn2)CC1)C12CC3CC(CC(C3)C1)C2. The summed E-state index contributed by atoms with van der Waals surface area (Å²) in [6.45, 7) is 3.34. The number of aromatic nitrogens is 2. The Morgan fingerprint density at radius 1 is 0.885 bits per heavy atom. The van der Waals surface area contributed by atoms with Crippen LogP contribution in [0.15, 0.2) is 18.5 Å². The minimum absolute atomic E-state index is 0. The summed E-state index contributed by atoms with van der Waals surface area (Å²) >= 11 is 0. The monoisotopic (exact) mass is 398 g/mol.